The number of likely N-dealkylation sites (tertiary alicyclic amines) is 1. The van der Waals surface area contributed by atoms with Gasteiger partial charge in [-0.3, -0.25) is 4.90 Å². The standard InChI is InChI=1S/C19H22F2N2/c20-17-5-1-3-14(8-17)7-16-10-19(22)13-23(12-16)11-15-4-2-6-18(21)9-15/h1-6,8-9,16,19H,7,10-13,22H2. The van der Waals surface area contributed by atoms with Crippen LogP contribution in [0.25, 0.3) is 0 Å². The van der Waals surface area contributed by atoms with Crippen molar-refractivity contribution in [3.05, 3.63) is 71.3 Å². The molecule has 2 unspecified atom stereocenters. The number of hydrogen-bond acceptors (Lipinski definition) is 2. The third-order valence-corrected chi connectivity index (χ3v) is 4.35. The maximum absolute atomic E-state index is 13.3. The zero-order valence-corrected chi connectivity index (χ0v) is 13.1. The summed E-state index contributed by atoms with van der Waals surface area (Å²) in [6.07, 6.45) is 1.77. The third kappa shape index (κ3) is 4.60. The first-order chi connectivity index (χ1) is 11.1. The molecule has 2 nitrogen and oxygen atoms in total. The largest absolute Gasteiger partial charge is 0.327 e. The maximum Gasteiger partial charge on any atom is 0.123 e. The fraction of sp³-hybridized carbons (Fsp3) is 0.368. The SMILES string of the molecule is NC1CC(Cc2cccc(F)c2)CN(Cc2cccc(F)c2)C1. The van der Waals surface area contributed by atoms with E-state index in [4.69, 9.17) is 5.73 Å². The molecule has 1 saturated heterocycles. The van der Waals surface area contributed by atoms with Gasteiger partial charge in [-0.1, -0.05) is 24.3 Å². The van der Waals surface area contributed by atoms with Gasteiger partial charge in [0.1, 0.15) is 11.6 Å². The summed E-state index contributed by atoms with van der Waals surface area (Å²) in [7, 11) is 0. The van der Waals surface area contributed by atoms with Crippen molar-refractivity contribution in [1.82, 2.24) is 4.90 Å². The Morgan fingerprint density at radius 3 is 2.30 bits per heavy atom. The Morgan fingerprint density at radius 1 is 0.957 bits per heavy atom. The smallest absolute Gasteiger partial charge is 0.123 e. The Balaban J connectivity index is 1.64. The van der Waals surface area contributed by atoms with Gasteiger partial charge in [0.2, 0.25) is 0 Å². The number of hydrogen-bond donors (Lipinski definition) is 1. The monoisotopic (exact) mass is 316 g/mol. The Bertz CT molecular complexity index is 604. The lowest BCUT2D eigenvalue weighted by Crippen LogP contribution is -2.47. The summed E-state index contributed by atoms with van der Waals surface area (Å²) in [5.74, 6) is -0.00606. The maximum atomic E-state index is 13.3. The average molecular weight is 316 g/mol. The van der Waals surface area contributed by atoms with Crippen molar-refractivity contribution in [1.29, 1.82) is 0 Å². The van der Waals surface area contributed by atoms with Gasteiger partial charge in [0.25, 0.3) is 0 Å². The minimum absolute atomic E-state index is 0.107. The highest BCUT2D eigenvalue weighted by molar-refractivity contribution is 5.18. The van der Waals surface area contributed by atoms with Crippen LogP contribution < -0.4 is 5.73 Å². The second kappa shape index (κ2) is 7.20. The fourth-order valence-corrected chi connectivity index (χ4v) is 3.52. The van der Waals surface area contributed by atoms with Gasteiger partial charge in [0.15, 0.2) is 0 Å². The number of nitrogens with zero attached hydrogens (tertiary/aromatic N) is 1. The van der Waals surface area contributed by atoms with Crippen LogP contribution in [0.5, 0.6) is 0 Å². The molecule has 0 bridgehead atoms. The number of rotatable bonds is 4. The van der Waals surface area contributed by atoms with Crippen LogP contribution in [-0.4, -0.2) is 24.0 Å². The molecule has 0 aromatic heterocycles. The third-order valence-electron chi connectivity index (χ3n) is 4.35. The van der Waals surface area contributed by atoms with Crippen molar-refractivity contribution in [2.24, 2.45) is 11.7 Å². The predicted molar refractivity (Wildman–Crippen MR) is 87.9 cm³/mol. The molecule has 2 aromatic carbocycles. The molecule has 1 aliphatic heterocycles. The zero-order chi connectivity index (χ0) is 16.2. The number of benzene rings is 2. The number of halogens is 2. The summed E-state index contributed by atoms with van der Waals surface area (Å²) < 4.78 is 26.7. The quantitative estimate of drug-likeness (QED) is 0.937. The topological polar surface area (TPSA) is 29.3 Å². The molecule has 1 heterocycles. The molecule has 3 rings (SSSR count). The first kappa shape index (κ1) is 16.1. The normalized spacial score (nSPS) is 22.2. The zero-order valence-electron chi connectivity index (χ0n) is 13.1. The Kier molecular flexibility index (Phi) is 5.03. The van der Waals surface area contributed by atoms with Crippen molar-refractivity contribution in [2.45, 2.75) is 25.4 Å². The van der Waals surface area contributed by atoms with E-state index < -0.39 is 0 Å². The molecule has 0 amide bonds. The van der Waals surface area contributed by atoms with Crippen LogP contribution in [0.15, 0.2) is 48.5 Å². The molecule has 122 valence electrons. The van der Waals surface area contributed by atoms with E-state index in [1.165, 1.54) is 12.1 Å². The van der Waals surface area contributed by atoms with Crippen molar-refractivity contribution in [3.63, 3.8) is 0 Å². The lowest BCUT2D eigenvalue weighted by atomic mass is 9.89. The highest BCUT2D eigenvalue weighted by Gasteiger charge is 2.25. The van der Waals surface area contributed by atoms with E-state index >= 15 is 0 Å². The lowest BCUT2D eigenvalue weighted by Gasteiger charge is -2.36. The molecular formula is C19H22F2N2. The van der Waals surface area contributed by atoms with Crippen LogP contribution in [0.2, 0.25) is 0 Å². The summed E-state index contributed by atoms with van der Waals surface area (Å²) in [5.41, 5.74) is 8.16. The van der Waals surface area contributed by atoms with Crippen LogP contribution in [0.1, 0.15) is 17.5 Å². The minimum Gasteiger partial charge on any atom is -0.327 e. The van der Waals surface area contributed by atoms with E-state index in [-0.39, 0.29) is 17.7 Å². The first-order valence-electron chi connectivity index (χ1n) is 8.05. The molecule has 0 radical (unpaired) electrons. The van der Waals surface area contributed by atoms with Gasteiger partial charge in [-0.15, -0.1) is 0 Å². The van der Waals surface area contributed by atoms with E-state index in [1.807, 2.05) is 12.1 Å². The van der Waals surface area contributed by atoms with Crippen molar-refractivity contribution in [3.8, 4) is 0 Å². The summed E-state index contributed by atoms with van der Waals surface area (Å²) >= 11 is 0. The van der Waals surface area contributed by atoms with Crippen LogP contribution in [-0.2, 0) is 13.0 Å². The highest BCUT2D eigenvalue weighted by atomic mass is 19.1. The summed E-state index contributed by atoms with van der Waals surface area (Å²) in [6.45, 7) is 2.42. The fourth-order valence-electron chi connectivity index (χ4n) is 3.52. The van der Waals surface area contributed by atoms with Crippen molar-refractivity contribution < 1.29 is 8.78 Å². The molecule has 2 aromatic rings. The Hall–Kier alpha value is -1.78. The van der Waals surface area contributed by atoms with E-state index in [0.29, 0.717) is 12.5 Å². The van der Waals surface area contributed by atoms with E-state index in [1.54, 1.807) is 24.3 Å². The van der Waals surface area contributed by atoms with Gasteiger partial charge >= 0.3 is 0 Å². The minimum atomic E-state index is -0.208. The van der Waals surface area contributed by atoms with Crippen LogP contribution in [0, 0.1) is 17.6 Å². The lowest BCUT2D eigenvalue weighted by molar-refractivity contribution is 0.149. The molecular weight excluding hydrogens is 294 g/mol. The molecule has 1 fully saturated rings. The molecule has 0 spiro atoms. The van der Waals surface area contributed by atoms with Gasteiger partial charge in [-0.05, 0) is 54.2 Å². The molecule has 4 heteroatoms. The second-order valence-electron chi connectivity index (χ2n) is 6.52. The molecule has 2 N–H and O–H groups in total. The summed E-state index contributed by atoms with van der Waals surface area (Å²) in [4.78, 5) is 2.27. The second-order valence-corrected chi connectivity index (χ2v) is 6.52. The van der Waals surface area contributed by atoms with Crippen LogP contribution in [0.3, 0.4) is 0 Å². The van der Waals surface area contributed by atoms with Gasteiger partial charge in [-0.25, -0.2) is 8.78 Å². The predicted octanol–water partition coefficient (Wildman–Crippen LogP) is 3.36. The molecule has 0 aliphatic carbocycles. The van der Waals surface area contributed by atoms with Gasteiger partial charge in [-0.2, -0.15) is 0 Å². The van der Waals surface area contributed by atoms with Gasteiger partial charge in [0, 0.05) is 25.7 Å². The summed E-state index contributed by atoms with van der Waals surface area (Å²) in [5, 5.41) is 0. The molecule has 1 aliphatic rings. The van der Waals surface area contributed by atoms with Crippen LogP contribution >= 0.6 is 0 Å². The van der Waals surface area contributed by atoms with Gasteiger partial charge in [0.05, 0.1) is 0 Å². The Morgan fingerprint density at radius 2 is 1.61 bits per heavy atom. The molecule has 2 atom stereocenters. The molecule has 0 saturated carbocycles. The number of piperidine rings is 1. The van der Waals surface area contributed by atoms with Crippen molar-refractivity contribution in [2.75, 3.05) is 13.1 Å². The molecule has 23 heavy (non-hydrogen) atoms. The summed E-state index contributed by atoms with van der Waals surface area (Å²) in [6, 6.07) is 13.6. The van der Waals surface area contributed by atoms with E-state index in [0.717, 1.165) is 37.1 Å². The first-order valence-corrected chi connectivity index (χ1v) is 8.05. The van der Waals surface area contributed by atoms with Crippen LogP contribution in [0.4, 0.5) is 8.78 Å². The van der Waals surface area contributed by atoms with Crippen molar-refractivity contribution >= 4 is 0 Å². The Labute approximate surface area is 135 Å². The van der Waals surface area contributed by atoms with E-state index in [2.05, 4.69) is 4.90 Å². The average Bonchev–Trinajstić information content (AvgIpc) is 2.46. The highest BCUT2D eigenvalue weighted by Crippen LogP contribution is 2.22. The van der Waals surface area contributed by atoms with Gasteiger partial charge < -0.3 is 5.73 Å². The van der Waals surface area contributed by atoms with E-state index in [9.17, 15) is 8.78 Å². The number of nitrogens with two attached hydrogens (primary N) is 1.